The summed E-state index contributed by atoms with van der Waals surface area (Å²) in [6.45, 7) is 0. The molecule has 0 nitrogen and oxygen atoms in total. The van der Waals surface area contributed by atoms with Crippen molar-refractivity contribution in [1.29, 1.82) is 0 Å². The molecule has 9 heavy (non-hydrogen) atoms. The average molecular weight is 114 g/mol. The maximum atomic E-state index is 5.08. The van der Waals surface area contributed by atoms with Gasteiger partial charge in [-0.2, -0.15) is 0 Å². The van der Waals surface area contributed by atoms with Gasteiger partial charge < -0.3 is 0 Å². The molecule has 2 radical (unpaired) electrons. The molecule has 0 bridgehead atoms. The van der Waals surface area contributed by atoms with Crippen LogP contribution in [0.15, 0.2) is 18.2 Å². The van der Waals surface area contributed by atoms with Crippen molar-refractivity contribution in [2.75, 3.05) is 0 Å². The Morgan fingerprint density at radius 2 is 2.44 bits per heavy atom. The number of hydrogen-bond acceptors (Lipinski definition) is 0. The second kappa shape index (κ2) is 2.94. The summed E-state index contributed by atoms with van der Waals surface area (Å²) >= 11 is 0. The number of rotatable bonds is 1. The minimum Gasteiger partial charge on any atom is -0.120 e. The molecule has 42 valence electrons. The Kier molecular flexibility index (Phi) is 1.93. The summed E-state index contributed by atoms with van der Waals surface area (Å²) in [6.07, 6.45) is 5.73. The predicted octanol–water partition coefficient (Wildman–Crippen LogP) is 1.46. The molecule has 0 heteroatoms. The van der Waals surface area contributed by atoms with Gasteiger partial charge in [0.15, 0.2) is 0 Å². The van der Waals surface area contributed by atoms with Crippen LogP contribution in [-0.2, 0) is 6.42 Å². The topological polar surface area (TPSA) is 0 Å². The molecular formula is C9H6. The van der Waals surface area contributed by atoms with E-state index in [1.165, 1.54) is 0 Å². The lowest BCUT2D eigenvalue weighted by Gasteiger charge is -1.88. The van der Waals surface area contributed by atoms with E-state index in [0.717, 1.165) is 5.56 Å². The Morgan fingerprint density at radius 1 is 1.56 bits per heavy atom. The number of benzene rings is 1. The lowest BCUT2D eigenvalue weighted by Crippen LogP contribution is -1.77. The van der Waals surface area contributed by atoms with Crippen LogP contribution in [0, 0.1) is 24.5 Å². The summed E-state index contributed by atoms with van der Waals surface area (Å²) in [4.78, 5) is 0. The fourth-order valence-corrected chi connectivity index (χ4v) is 0.599. The summed E-state index contributed by atoms with van der Waals surface area (Å²) in [5, 5.41) is 0. The SMILES string of the molecule is C#CCc1[c]cc[c]c1. The Hall–Kier alpha value is -1.22. The van der Waals surface area contributed by atoms with E-state index < -0.39 is 0 Å². The first-order valence-electron chi connectivity index (χ1n) is 2.73. The lowest BCUT2D eigenvalue weighted by molar-refractivity contribution is 1.31. The fraction of sp³-hybridized carbons (Fsp3) is 0.111. The van der Waals surface area contributed by atoms with Crippen molar-refractivity contribution in [2.24, 2.45) is 0 Å². The van der Waals surface area contributed by atoms with Gasteiger partial charge in [-0.25, -0.2) is 0 Å². The standard InChI is InChI=1S/C9H6/c1-2-6-9-7-4-3-5-8-9/h1,3-4,8H,6H2. The normalized spacial score (nSPS) is 8.33. The molecule has 0 saturated carbocycles. The third-order valence-electron chi connectivity index (χ3n) is 0.998. The largest absolute Gasteiger partial charge is 0.120 e. The smallest absolute Gasteiger partial charge is 0.0344 e. The number of hydrogen-bond donors (Lipinski definition) is 0. The van der Waals surface area contributed by atoms with Gasteiger partial charge in [0, 0.05) is 6.42 Å². The van der Waals surface area contributed by atoms with Crippen molar-refractivity contribution in [1.82, 2.24) is 0 Å². The fourth-order valence-electron chi connectivity index (χ4n) is 0.599. The minimum atomic E-state index is 0.650. The van der Waals surface area contributed by atoms with Crippen molar-refractivity contribution in [3.05, 3.63) is 35.9 Å². The zero-order valence-electron chi connectivity index (χ0n) is 5.02. The highest BCUT2D eigenvalue weighted by atomic mass is 13.9. The third kappa shape index (κ3) is 1.62. The van der Waals surface area contributed by atoms with E-state index in [4.69, 9.17) is 6.42 Å². The van der Waals surface area contributed by atoms with Crippen LogP contribution in [-0.4, -0.2) is 0 Å². The molecule has 1 aromatic rings. The zero-order valence-corrected chi connectivity index (χ0v) is 5.02. The second-order valence-corrected chi connectivity index (χ2v) is 1.69. The maximum absolute atomic E-state index is 5.08. The summed E-state index contributed by atoms with van der Waals surface area (Å²) in [5.74, 6) is 2.53. The van der Waals surface area contributed by atoms with E-state index in [9.17, 15) is 0 Å². The van der Waals surface area contributed by atoms with Crippen molar-refractivity contribution in [2.45, 2.75) is 6.42 Å². The first-order chi connectivity index (χ1) is 4.43. The van der Waals surface area contributed by atoms with Gasteiger partial charge in [0.25, 0.3) is 0 Å². The molecule has 0 amide bonds. The van der Waals surface area contributed by atoms with Crippen LogP contribution in [0.1, 0.15) is 5.56 Å². The highest BCUT2D eigenvalue weighted by Crippen LogP contribution is 1.95. The van der Waals surface area contributed by atoms with E-state index in [1.54, 1.807) is 6.07 Å². The van der Waals surface area contributed by atoms with Crippen molar-refractivity contribution >= 4 is 0 Å². The molecule has 0 spiro atoms. The third-order valence-corrected chi connectivity index (χ3v) is 0.998. The van der Waals surface area contributed by atoms with Crippen molar-refractivity contribution in [3.8, 4) is 12.3 Å². The summed E-state index contributed by atoms with van der Waals surface area (Å²) in [7, 11) is 0. The van der Waals surface area contributed by atoms with Gasteiger partial charge in [0.2, 0.25) is 0 Å². The molecule has 0 unspecified atom stereocenters. The summed E-state index contributed by atoms with van der Waals surface area (Å²) in [6, 6.07) is 11.4. The first-order valence-corrected chi connectivity index (χ1v) is 2.73. The second-order valence-electron chi connectivity index (χ2n) is 1.69. The van der Waals surface area contributed by atoms with Crippen LogP contribution in [0.25, 0.3) is 0 Å². The van der Waals surface area contributed by atoms with Gasteiger partial charge in [-0.05, 0) is 23.8 Å². The first kappa shape index (κ1) is 5.91. The molecule has 0 atom stereocenters. The van der Waals surface area contributed by atoms with Crippen molar-refractivity contribution < 1.29 is 0 Å². The monoisotopic (exact) mass is 114 g/mol. The van der Waals surface area contributed by atoms with Crippen LogP contribution in [0.5, 0.6) is 0 Å². The van der Waals surface area contributed by atoms with Crippen LogP contribution >= 0.6 is 0 Å². The van der Waals surface area contributed by atoms with E-state index in [1.807, 2.05) is 12.1 Å². The van der Waals surface area contributed by atoms with Gasteiger partial charge in [-0.1, -0.05) is 12.1 Å². The maximum Gasteiger partial charge on any atom is 0.0344 e. The molecule has 0 aromatic heterocycles. The molecule has 0 N–H and O–H groups in total. The van der Waals surface area contributed by atoms with Crippen LogP contribution in [0.3, 0.4) is 0 Å². The number of terminal acetylenes is 1. The molecule has 0 fully saturated rings. The predicted molar refractivity (Wildman–Crippen MR) is 36.7 cm³/mol. The van der Waals surface area contributed by atoms with E-state index >= 15 is 0 Å². The highest BCUT2D eigenvalue weighted by molar-refractivity contribution is 5.16. The Balaban J connectivity index is 2.76. The lowest BCUT2D eigenvalue weighted by atomic mass is 10.2. The van der Waals surface area contributed by atoms with Gasteiger partial charge in [0.1, 0.15) is 0 Å². The van der Waals surface area contributed by atoms with Crippen LogP contribution < -0.4 is 0 Å². The Morgan fingerprint density at radius 3 is 3.00 bits per heavy atom. The Bertz CT molecular complexity index is 203. The van der Waals surface area contributed by atoms with Gasteiger partial charge in [-0.15, -0.1) is 12.3 Å². The summed E-state index contributed by atoms with van der Waals surface area (Å²) in [5.41, 5.74) is 1.03. The van der Waals surface area contributed by atoms with Gasteiger partial charge in [0.05, 0.1) is 0 Å². The summed E-state index contributed by atoms with van der Waals surface area (Å²) < 4.78 is 0. The van der Waals surface area contributed by atoms with Crippen LogP contribution in [0.2, 0.25) is 0 Å². The Labute approximate surface area is 55.5 Å². The quantitative estimate of drug-likeness (QED) is 0.485. The zero-order chi connectivity index (χ0) is 6.53. The molecule has 0 aliphatic rings. The van der Waals surface area contributed by atoms with E-state index in [-0.39, 0.29) is 0 Å². The molecular weight excluding hydrogens is 108 g/mol. The van der Waals surface area contributed by atoms with Gasteiger partial charge >= 0.3 is 0 Å². The molecule has 1 aromatic carbocycles. The molecule has 0 aliphatic heterocycles. The van der Waals surface area contributed by atoms with E-state index in [2.05, 4.69) is 18.1 Å². The minimum absolute atomic E-state index is 0.650. The van der Waals surface area contributed by atoms with Crippen LogP contribution in [0.4, 0.5) is 0 Å². The van der Waals surface area contributed by atoms with Crippen molar-refractivity contribution in [3.63, 3.8) is 0 Å². The highest BCUT2D eigenvalue weighted by Gasteiger charge is 1.83. The molecule has 1 rings (SSSR count). The van der Waals surface area contributed by atoms with E-state index in [0.29, 0.717) is 6.42 Å². The average Bonchev–Trinajstić information content (AvgIpc) is 1.91. The molecule has 0 aliphatic carbocycles. The molecule has 0 saturated heterocycles. The van der Waals surface area contributed by atoms with Gasteiger partial charge in [-0.3, -0.25) is 0 Å². The molecule has 0 heterocycles.